The van der Waals surface area contributed by atoms with Gasteiger partial charge >= 0.3 is 0 Å². The topological polar surface area (TPSA) is 113 Å². The van der Waals surface area contributed by atoms with Crippen LogP contribution in [0.3, 0.4) is 0 Å². The number of nitro benzene ring substituents is 1. The van der Waals surface area contributed by atoms with E-state index >= 15 is 0 Å². The third-order valence-electron chi connectivity index (χ3n) is 4.08. The van der Waals surface area contributed by atoms with Crippen molar-refractivity contribution in [1.29, 1.82) is 0 Å². The number of hydrogen-bond donors (Lipinski definition) is 3. The largest absolute Gasteiger partial charge is 0.383 e. The van der Waals surface area contributed by atoms with E-state index in [1.165, 1.54) is 18.2 Å². The number of carbonyl (C=O) groups excluding carboxylic acids is 2. The van der Waals surface area contributed by atoms with Gasteiger partial charge in [0, 0.05) is 24.4 Å². The first-order valence-corrected chi connectivity index (χ1v) is 8.35. The van der Waals surface area contributed by atoms with Crippen LogP contribution in [0.4, 0.5) is 17.1 Å². The quantitative estimate of drug-likeness (QED) is 0.534. The molecule has 0 aliphatic heterocycles. The van der Waals surface area contributed by atoms with Crippen LogP contribution >= 0.6 is 0 Å². The van der Waals surface area contributed by atoms with Crippen LogP contribution in [0.25, 0.3) is 0 Å². The van der Waals surface area contributed by atoms with Crippen LogP contribution in [0.2, 0.25) is 0 Å². The fourth-order valence-corrected chi connectivity index (χ4v) is 2.86. The molecule has 0 fully saturated rings. The number of hydrogen-bond acceptors (Lipinski definition) is 5. The fraction of sp³-hybridized carbons (Fsp3) is 0.263. The van der Waals surface area contributed by atoms with Gasteiger partial charge in [-0.05, 0) is 44.0 Å². The van der Waals surface area contributed by atoms with Crippen LogP contribution in [-0.2, 0) is 4.79 Å². The highest BCUT2D eigenvalue weighted by Gasteiger charge is 2.17. The van der Waals surface area contributed by atoms with Crippen LogP contribution < -0.4 is 16.0 Å². The number of anilines is 2. The second-order valence-electron chi connectivity index (χ2n) is 6.24. The second-order valence-corrected chi connectivity index (χ2v) is 6.24. The number of amides is 2. The molecule has 0 atom stereocenters. The average molecular weight is 370 g/mol. The summed E-state index contributed by atoms with van der Waals surface area (Å²) in [6, 6.07) is 8.01. The highest BCUT2D eigenvalue weighted by molar-refractivity contribution is 6.00. The van der Waals surface area contributed by atoms with Crippen molar-refractivity contribution >= 4 is 28.9 Å². The maximum absolute atomic E-state index is 12.2. The molecule has 27 heavy (non-hydrogen) atoms. The van der Waals surface area contributed by atoms with Crippen molar-refractivity contribution in [3.8, 4) is 0 Å². The number of aryl methyl sites for hydroxylation is 3. The SMILES string of the molecule is CNc1ccc(C(=O)NCC(=O)Nc2c(C)cc(C)cc2C)cc1[N+](=O)[O-]. The van der Waals surface area contributed by atoms with Gasteiger partial charge in [-0.25, -0.2) is 0 Å². The smallest absolute Gasteiger partial charge is 0.293 e. The predicted molar refractivity (Wildman–Crippen MR) is 104 cm³/mol. The Hall–Kier alpha value is -3.42. The summed E-state index contributed by atoms with van der Waals surface area (Å²) in [5, 5.41) is 19.0. The maximum Gasteiger partial charge on any atom is 0.293 e. The Morgan fingerprint density at radius 2 is 1.70 bits per heavy atom. The van der Waals surface area contributed by atoms with E-state index in [1.54, 1.807) is 7.05 Å². The number of nitrogens with zero attached hydrogens (tertiary/aromatic N) is 1. The minimum absolute atomic E-state index is 0.108. The molecule has 0 aliphatic rings. The van der Waals surface area contributed by atoms with Gasteiger partial charge in [0.15, 0.2) is 0 Å². The Morgan fingerprint density at radius 3 is 2.26 bits per heavy atom. The minimum Gasteiger partial charge on any atom is -0.383 e. The predicted octanol–water partition coefficient (Wildman–Crippen LogP) is 2.93. The molecule has 0 radical (unpaired) electrons. The van der Waals surface area contributed by atoms with Crippen molar-refractivity contribution in [2.24, 2.45) is 0 Å². The van der Waals surface area contributed by atoms with E-state index in [1.807, 2.05) is 32.9 Å². The van der Waals surface area contributed by atoms with Gasteiger partial charge in [-0.15, -0.1) is 0 Å². The summed E-state index contributed by atoms with van der Waals surface area (Å²) < 4.78 is 0. The maximum atomic E-state index is 12.2. The summed E-state index contributed by atoms with van der Waals surface area (Å²) in [4.78, 5) is 34.9. The molecule has 3 N–H and O–H groups in total. The summed E-state index contributed by atoms with van der Waals surface area (Å²) >= 11 is 0. The Bertz CT molecular complexity index is 886. The standard InChI is InChI=1S/C19H22N4O4/c1-11-7-12(2)18(13(3)8-11)22-17(24)10-21-19(25)14-5-6-15(20-4)16(9-14)23(26)27/h5-9,20H,10H2,1-4H3,(H,21,25)(H,22,24). The van der Waals surface area contributed by atoms with Crippen molar-refractivity contribution in [3.63, 3.8) is 0 Å². The summed E-state index contributed by atoms with van der Waals surface area (Å²) in [6.45, 7) is 5.53. The van der Waals surface area contributed by atoms with E-state index in [9.17, 15) is 19.7 Å². The Morgan fingerprint density at radius 1 is 1.07 bits per heavy atom. The zero-order chi connectivity index (χ0) is 20.1. The van der Waals surface area contributed by atoms with Gasteiger partial charge in [0.1, 0.15) is 5.69 Å². The lowest BCUT2D eigenvalue weighted by Gasteiger charge is -2.13. The Balaban J connectivity index is 2.04. The van der Waals surface area contributed by atoms with Crippen molar-refractivity contribution in [2.45, 2.75) is 20.8 Å². The van der Waals surface area contributed by atoms with E-state index < -0.39 is 10.8 Å². The van der Waals surface area contributed by atoms with E-state index in [0.29, 0.717) is 11.4 Å². The number of carbonyl (C=O) groups is 2. The zero-order valence-corrected chi connectivity index (χ0v) is 15.7. The van der Waals surface area contributed by atoms with Gasteiger partial charge in [0.2, 0.25) is 5.91 Å². The molecular formula is C19H22N4O4. The second kappa shape index (κ2) is 8.31. The van der Waals surface area contributed by atoms with E-state index in [0.717, 1.165) is 16.7 Å². The lowest BCUT2D eigenvalue weighted by atomic mass is 10.1. The van der Waals surface area contributed by atoms with Crippen LogP contribution in [0, 0.1) is 30.9 Å². The molecule has 2 amide bonds. The molecule has 0 unspecified atom stereocenters. The van der Waals surface area contributed by atoms with Crippen LogP contribution in [0.1, 0.15) is 27.0 Å². The van der Waals surface area contributed by atoms with Crippen LogP contribution in [-0.4, -0.2) is 30.3 Å². The number of nitro groups is 1. The molecule has 0 heterocycles. The summed E-state index contributed by atoms with van der Waals surface area (Å²) in [5.41, 5.74) is 3.89. The molecule has 0 aromatic heterocycles. The van der Waals surface area contributed by atoms with Crippen molar-refractivity contribution in [3.05, 3.63) is 62.7 Å². The van der Waals surface area contributed by atoms with E-state index in [2.05, 4.69) is 16.0 Å². The van der Waals surface area contributed by atoms with Gasteiger partial charge in [0.05, 0.1) is 11.5 Å². The molecule has 8 heteroatoms. The van der Waals surface area contributed by atoms with Gasteiger partial charge in [0.25, 0.3) is 11.6 Å². The van der Waals surface area contributed by atoms with Gasteiger partial charge in [-0.1, -0.05) is 17.7 Å². The first-order chi connectivity index (χ1) is 12.7. The monoisotopic (exact) mass is 370 g/mol. The minimum atomic E-state index is -0.571. The molecular weight excluding hydrogens is 348 g/mol. The highest BCUT2D eigenvalue weighted by atomic mass is 16.6. The van der Waals surface area contributed by atoms with E-state index in [-0.39, 0.29) is 23.7 Å². The normalized spacial score (nSPS) is 10.2. The van der Waals surface area contributed by atoms with Gasteiger partial charge in [-0.3, -0.25) is 19.7 Å². The molecule has 0 saturated carbocycles. The van der Waals surface area contributed by atoms with E-state index in [4.69, 9.17) is 0 Å². The number of rotatable bonds is 6. The lowest BCUT2D eigenvalue weighted by molar-refractivity contribution is -0.384. The number of benzene rings is 2. The lowest BCUT2D eigenvalue weighted by Crippen LogP contribution is -2.33. The number of nitrogens with one attached hydrogen (secondary N) is 3. The fourth-order valence-electron chi connectivity index (χ4n) is 2.86. The molecule has 0 aliphatic carbocycles. The van der Waals surface area contributed by atoms with Crippen molar-refractivity contribution < 1.29 is 14.5 Å². The summed E-state index contributed by atoms with van der Waals surface area (Å²) in [6.07, 6.45) is 0. The molecule has 2 aromatic carbocycles. The molecule has 2 rings (SSSR count). The van der Waals surface area contributed by atoms with Crippen molar-refractivity contribution in [2.75, 3.05) is 24.2 Å². The van der Waals surface area contributed by atoms with Crippen LogP contribution in [0.5, 0.6) is 0 Å². The molecule has 0 bridgehead atoms. The molecule has 0 spiro atoms. The molecule has 0 saturated heterocycles. The Labute approximate surface area is 157 Å². The van der Waals surface area contributed by atoms with Gasteiger partial charge < -0.3 is 16.0 Å². The van der Waals surface area contributed by atoms with Crippen LogP contribution in [0.15, 0.2) is 30.3 Å². The molecule has 2 aromatic rings. The summed E-state index contributed by atoms with van der Waals surface area (Å²) in [7, 11) is 1.56. The average Bonchev–Trinajstić information content (AvgIpc) is 2.62. The van der Waals surface area contributed by atoms with Crippen molar-refractivity contribution in [1.82, 2.24) is 5.32 Å². The molecule has 8 nitrogen and oxygen atoms in total. The highest BCUT2D eigenvalue weighted by Crippen LogP contribution is 2.25. The summed E-state index contributed by atoms with van der Waals surface area (Å²) in [5.74, 6) is -0.937. The zero-order valence-electron chi connectivity index (χ0n) is 15.7. The Kier molecular flexibility index (Phi) is 6.12. The third-order valence-corrected chi connectivity index (χ3v) is 4.08. The molecule has 142 valence electrons. The first-order valence-electron chi connectivity index (χ1n) is 8.35. The third kappa shape index (κ3) is 4.81. The van der Waals surface area contributed by atoms with Gasteiger partial charge in [-0.2, -0.15) is 0 Å². The first kappa shape index (κ1) is 19.9.